The van der Waals surface area contributed by atoms with Gasteiger partial charge < -0.3 is 20.5 Å². The summed E-state index contributed by atoms with van der Waals surface area (Å²) in [5.74, 6) is -0.200. The van der Waals surface area contributed by atoms with E-state index in [2.05, 4.69) is 0 Å². The third-order valence-corrected chi connectivity index (χ3v) is 2.23. The zero-order valence-electron chi connectivity index (χ0n) is 9.93. The molecule has 3 N–H and O–H groups in total. The summed E-state index contributed by atoms with van der Waals surface area (Å²) in [6.07, 6.45) is 0. The average molecular weight is 238 g/mol. The highest BCUT2D eigenvalue weighted by atomic mass is 16.5. The van der Waals surface area contributed by atoms with E-state index in [0.29, 0.717) is 25.4 Å². The SMILES string of the molecule is CCOc1ccccc1N(CCN)CC(=O)O. The van der Waals surface area contributed by atoms with Crippen LogP contribution < -0.4 is 15.4 Å². The normalized spacial score (nSPS) is 10.0. The maximum Gasteiger partial charge on any atom is 0.323 e. The number of carbonyl (C=O) groups is 1. The van der Waals surface area contributed by atoms with E-state index in [1.165, 1.54) is 0 Å². The van der Waals surface area contributed by atoms with E-state index >= 15 is 0 Å². The van der Waals surface area contributed by atoms with Gasteiger partial charge >= 0.3 is 5.97 Å². The molecule has 0 bridgehead atoms. The van der Waals surface area contributed by atoms with E-state index < -0.39 is 5.97 Å². The number of anilines is 1. The first-order valence-electron chi connectivity index (χ1n) is 5.57. The monoisotopic (exact) mass is 238 g/mol. The molecule has 0 atom stereocenters. The topological polar surface area (TPSA) is 75.8 Å². The van der Waals surface area contributed by atoms with Crippen LogP contribution in [0.2, 0.25) is 0 Å². The molecule has 0 saturated carbocycles. The van der Waals surface area contributed by atoms with Crippen LogP contribution in [0.1, 0.15) is 6.92 Å². The summed E-state index contributed by atoms with van der Waals surface area (Å²) in [5.41, 5.74) is 6.26. The highest BCUT2D eigenvalue weighted by Crippen LogP contribution is 2.27. The predicted molar refractivity (Wildman–Crippen MR) is 66.5 cm³/mol. The second kappa shape index (κ2) is 6.75. The van der Waals surface area contributed by atoms with E-state index in [-0.39, 0.29) is 6.54 Å². The number of ether oxygens (including phenoxy) is 1. The van der Waals surface area contributed by atoms with Crippen molar-refractivity contribution < 1.29 is 14.6 Å². The molecule has 0 radical (unpaired) electrons. The molecular formula is C12H18N2O3. The van der Waals surface area contributed by atoms with Gasteiger partial charge in [0, 0.05) is 13.1 Å². The summed E-state index contributed by atoms with van der Waals surface area (Å²) in [4.78, 5) is 12.5. The third-order valence-electron chi connectivity index (χ3n) is 2.23. The molecule has 0 amide bonds. The van der Waals surface area contributed by atoms with E-state index in [9.17, 15) is 4.79 Å². The van der Waals surface area contributed by atoms with Gasteiger partial charge in [-0.25, -0.2) is 0 Å². The van der Waals surface area contributed by atoms with Crippen LogP contribution in [0.4, 0.5) is 5.69 Å². The average Bonchev–Trinajstić information content (AvgIpc) is 2.29. The summed E-state index contributed by atoms with van der Waals surface area (Å²) in [7, 11) is 0. The van der Waals surface area contributed by atoms with Crippen molar-refractivity contribution in [3.05, 3.63) is 24.3 Å². The van der Waals surface area contributed by atoms with Crippen molar-refractivity contribution in [1.29, 1.82) is 0 Å². The lowest BCUT2D eigenvalue weighted by molar-refractivity contribution is -0.135. The van der Waals surface area contributed by atoms with Crippen LogP contribution in [0, 0.1) is 0 Å². The fourth-order valence-electron chi connectivity index (χ4n) is 1.60. The molecule has 0 heterocycles. The number of carboxylic acid groups (broad SMARTS) is 1. The molecule has 0 saturated heterocycles. The molecule has 0 aliphatic rings. The molecule has 1 rings (SSSR count). The van der Waals surface area contributed by atoms with Gasteiger partial charge in [0.1, 0.15) is 12.3 Å². The van der Waals surface area contributed by atoms with Gasteiger partial charge in [0.2, 0.25) is 0 Å². The number of nitrogens with zero attached hydrogens (tertiary/aromatic N) is 1. The van der Waals surface area contributed by atoms with Crippen molar-refractivity contribution in [3.63, 3.8) is 0 Å². The molecule has 5 nitrogen and oxygen atoms in total. The number of hydrogen-bond donors (Lipinski definition) is 2. The number of nitrogens with two attached hydrogens (primary N) is 1. The fraction of sp³-hybridized carbons (Fsp3) is 0.417. The summed E-state index contributed by atoms with van der Waals surface area (Å²) in [6.45, 7) is 3.23. The Morgan fingerprint density at radius 1 is 1.47 bits per heavy atom. The molecule has 0 aromatic heterocycles. The minimum Gasteiger partial charge on any atom is -0.492 e. The minimum absolute atomic E-state index is 0.0821. The van der Waals surface area contributed by atoms with Gasteiger partial charge in [0.25, 0.3) is 0 Å². The lowest BCUT2D eigenvalue weighted by Crippen LogP contribution is -2.34. The van der Waals surface area contributed by atoms with Crippen molar-refractivity contribution in [2.24, 2.45) is 5.73 Å². The zero-order valence-corrected chi connectivity index (χ0v) is 9.93. The largest absolute Gasteiger partial charge is 0.492 e. The highest BCUT2D eigenvalue weighted by molar-refractivity contribution is 5.75. The van der Waals surface area contributed by atoms with Gasteiger partial charge in [0.05, 0.1) is 12.3 Å². The number of aliphatic carboxylic acids is 1. The van der Waals surface area contributed by atoms with Gasteiger partial charge in [-0.15, -0.1) is 0 Å². The molecule has 5 heteroatoms. The molecule has 0 aliphatic heterocycles. The molecule has 0 unspecified atom stereocenters. The Morgan fingerprint density at radius 2 is 2.18 bits per heavy atom. The number of para-hydroxylation sites is 2. The molecular weight excluding hydrogens is 220 g/mol. The summed E-state index contributed by atoms with van der Waals surface area (Å²) in [6, 6.07) is 7.37. The molecule has 94 valence electrons. The number of carboxylic acids is 1. The van der Waals surface area contributed by atoms with Crippen LogP contribution in [0.25, 0.3) is 0 Å². The third kappa shape index (κ3) is 3.96. The Bertz CT molecular complexity index is 369. The smallest absolute Gasteiger partial charge is 0.323 e. The first-order chi connectivity index (χ1) is 8.19. The van der Waals surface area contributed by atoms with E-state index in [1.807, 2.05) is 31.2 Å². The van der Waals surface area contributed by atoms with Crippen LogP contribution in [0.15, 0.2) is 24.3 Å². The maximum atomic E-state index is 10.8. The Balaban J connectivity index is 2.94. The van der Waals surface area contributed by atoms with Crippen LogP contribution in [-0.4, -0.2) is 37.3 Å². The second-order valence-corrected chi connectivity index (χ2v) is 3.50. The van der Waals surface area contributed by atoms with Crippen LogP contribution >= 0.6 is 0 Å². The minimum atomic E-state index is -0.884. The van der Waals surface area contributed by atoms with Gasteiger partial charge in [-0.3, -0.25) is 4.79 Å². The van der Waals surface area contributed by atoms with Crippen molar-refractivity contribution in [2.45, 2.75) is 6.92 Å². The molecule has 0 aliphatic carbocycles. The Hall–Kier alpha value is -1.75. The van der Waals surface area contributed by atoms with Crippen molar-refractivity contribution in [3.8, 4) is 5.75 Å². The second-order valence-electron chi connectivity index (χ2n) is 3.50. The molecule has 0 spiro atoms. The van der Waals surface area contributed by atoms with Gasteiger partial charge in [0.15, 0.2) is 0 Å². The maximum absolute atomic E-state index is 10.8. The number of hydrogen-bond acceptors (Lipinski definition) is 4. The molecule has 17 heavy (non-hydrogen) atoms. The first kappa shape index (κ1) is 13.3. The molecule has 0 fully saturated rings. The van der Waals surface area contributed by atoms with Crippen LogP contribution in [0.5, 0.6) is 5.75 Å². The Kier molecular flexibility index (Phi) is 5.29. The summed E-state index contributed by atoms with van der Waals surface area (Å²) in [5, 5.41) is 8.87. The highest BCUT2D eigenvalue weighted by Gasteiger charge is 2.13. The van der Waals surface area contributed by atoms with Crippen molar-refractivity contribution in [2.75, 3.05) is 31.1 Å². The summed E-state index contributed by atoms with van der Waals surface area (Å²) < 4.78 is 5.47. The Morgan fingerprint density at radius 3 is 2.76 bits per heavy atom. The van der Waals surface area contributed by atoms with E-state index in [0.717, 1.165) is 5.69 Å². The molecule has 1 aromatic carbocycles. The van der Waals surface area contributed by atoms with Gasteiger partial charge in [-0.2, -0.15) is 0 Å². The predicted octanol–water partition coefficient (Wildman–Crippen LogP) is 0.935. The first-order valence-corrected chi connectivity index (χ1v) is 5.57. The lowest BCUT2D eigenvalue weighted by atomic mass is 10.2. The number of rotatable bonds is 7. The van der Waals surface area contributed by atoms with Crippen LogP contribution in [-0.2, 0) is 4.79 Å². The van der Waals surface area contributed by atoms with Crippen molar-refractivity contribution in [1.82, 2.24) is 0 Å². The molecule has 1 aromatic rings. The van der Waals surface area contributed by atoms with E-state index in [1.54, 1.807) is 4.90 Å². The van der Waals surface area contributed by atoms with Crippen LogP contribution in [0.3, 0.4) is 0 Å². The summed E-state index contributed by atoms with van der Waals surface area (Å²) >= 11 is 0. The van der Waals surface area contributed by atoms with Gasteiger partial charge in [-0.05, 0) is 19.1 Å². The quantitative estimate of drug-likeness (QED) is 0.739. The Labute approximate surface area is 101 Å². The number of benzene rings is 1. The standard InChI is InChI=1S/C12H18N2O3/c1-2-17-11-6-4-3-5-10(11)14(8-7-13)9-12(15)16/h3-6H,2,7-9,13H2,1H3,(H,15,16). The van der Waals surface area contributed by atoms with Gasteiger partial charge in [-0.1, -0.05) is 12.1 Å². The van der Waals surface area contributed by atoms with E-state index in [4.69, 9.17) is 15.6 Å². The lowest BCUT2D eigenvalue weighted by Gasteiger charge is -2.24. The zero-order chi connectivity index (χ0) is 12.7. The fourth-order valence-corrected chi connectivity index (χ4v) is 1.60. The van der Waals surface area contributed by atoms with Crippen molar-refractivity contribution >= 4 is 11.7 Å².